The summed E-state index contributed by atoms with van der Waals surface area (Å²) in [5.41, 5.74) is 3.92. The van der Waals surface area contributed by atoms with Crippen molar-refractivity contribution in [2.24, 2.45) is 22.9 Å². The number of carbonyl (C=O) groups is 2. The van der Waals surface area contributed by atoms with Crippen LogP contribution in [0.25, 0.3) is 0 Å². The zero-order valence-electron chi connectivity index (χ0n) is 32.1. The summed E-state index contributed by atoms with van der Waals surface area (Å²) in [6.07, 6.45) is 9.57. The van der Waals surface area contributed by atoms with Gasteiger partial charge in [-0.3, -0.25) is 9.59 Å². The molecule has 3 aromatic rings. The SMILES string of the molecule is C=CCO[C@@]12Oc3ccc(Oc4cccc(C=O)c4)cc3[C@H]3[C@H](CCCCO)[C@@H](CCCCO)C=C(C(=NOCC)C[C@@H]1N(C)C(=O)c1ccc(C#N)cc1)[C@H]32. The van der Waals surface area contributed by atoms with Gasteiger partial charge in [-0.05, 0) is 105 Å². The maximum atomic E-state index is 14.4. The molecule has 0 unspecified atom stereocenters. The number of aldehydes is 1. The maximum absolute atomic E-state index is 14.4. The van der Waals surface area contributed by atoms with Crippen LogP contribution in [0.5, 0.6) is 17.2 Å². The number of oxime groups is 1. The molecule has 0 saturated heterocycles. The smallest absolute Gasteiger partial charge is 0.254 e. The summed E-state index contributed by atoms with van der Waals surface area (Å²) >= 11 is 0. The molecular weight excluding hydrogens is 711 g/mol. The minimum atomic E-state index is -1.40. The third-order valence-corrected chi connectivity index (χ3v) is 11.2. The van der Waals surface area contributed by atoms with Crippen molar-refractivity contribution in [1.82, 2.24) is 4.90 Å². The van der Waals surface area contributed by atoms with E-state index in [0.29, 0.717) is 59.1 Å². The van der Waals surface area contributed by atoms with Crippen LogP contribution in [0, 0.1) is 29.1 Å². The lowest BCUT2D eigenvalue weighted by Gasteiger charge is -2.59. The Hall–Kier alpha value is -5.28. The second-order valence-electron chi connectivity index (χ2n) is 14.6. The molecule has 56 heavy (non-hydrogen) atoms. The summed E-state index contributed by atoms with van der Waals surface area (Å²) in [5.74, 6) is -0.544. The van der Waals surface area contributed by atoms with Crippen LogP contribution >= 0.6 is 0 Å². The number of carbonyl (C=O) groups excluding carboxylic acids is 2. The van der Waals surface area contributed by atoms with E-state index in [1.165, 1.54) is 0 Å². The zero-order chi connectivity index (χ0) is 39.7. The molecule has 2 aliphatic carbocycles. The topological polar surface area (TPSA) is 151 Å². The van der Waals surface area contributed by atoms with Gasteiger partial charge in [0, 0.05) is 49.3 Å². The van der Waals surface area contributed by atoms with E-state index < -0.39 is 17.7 Å². The van der Waals surface area contributed by atoms with E-state index >= 15 is 0 Å². The second-order valence-corrected chi connectivity index (χ2v) is 14.6. The van der Waals surface area contributed by atoms with Crippen molar-refractivity contribution in [3.63, 3.8) is 0 Å². The van der Waals surface area contributed by atoms with Crippen LogP contribution < -0.4 is 9.47 Å². The molecule has 6 atom stereocenters. The van der Waals surface area contributed by atoms with Crippen molar-refractivity contribution in [1.29, 1.82) is 5.26 Å². The van der Waals surface area contributed by atoms with Gasteiger partial charge in [0.1, 0.15) is 36.2 Å². The second kappa shape index (κ2) is 18.6. The van der Waals surface area contributed by atoms with E-state index in [-0.39, 0.29) is 49.9 Å². The lowest BCUT2D eigenvalue weighted by Crippen LogP contribution is -2.69. The van der Waals surface area contributed by atoms with E-state index in [2.05, 4.69) is 18.7 Å². The number of aliphatic hydroxyl groups is 2. The average molecular weight is 762 g/mol. The van der Waals surface area contributed by atoms with Crippen LogP contribution in [-0.4, -0.2) is 78.3 Å². The fraction of sp³-hybridized carbons (Fsp3) is 0.422. The number of unbranched alkanes of at least 4 members (excludes halogenated alkanes) is 2. The third kappa shape index (κ3) is 8.28. The quantitative estimate of drug-likeness (QED) is 0.0579. The molecule has 1 fully saturated rings. The van der Waals surface area contributed by atoms with Gasteiger partial charge in [0.2, 0.25) is 5.79 Å². The summed E-state index contributed by atoms with van der Waals surface area (Å²) in [7, 11) is 1.74. The minimum Gasteiger partial charge on any atom is -0.459 e. The number of nitrogens with zero attached hydrogens (tertiary/aromatic N) is 3. The Morgan fingerprint density at radius 3 is 2.50 bits per heavy atom. The molecule has 0 spiro atoms. The number of fused-ring (bicyclic) bond motifs is 2. The van der Waals surface area contributed by atoms with Gasteiger partial charge in [-0.2, -0.15) is 5.26 Å². The molecule has 2 N–H and O–H groups in total. The largest absolute Gasteiger partial charge is 0.459 e. The van der Waals surface area contributed by atoms with Crippen molar-refractivity contribution < 1.29 is 38.9 Å². The number of nitriles is 1. The molecule has 11 heteroatoms. The Labute approximate surface area is 328 Å². The molecule has 6 rings (SSSR count). The fourth-order valence-electron chi connectivity index (χ4n) is 8.75. The van der Waals surface area contributed by atoms with Gasteiger partial charge < -0.3 is 34.2 Å². The van der Waals surface area contributed by atoms with E-state index in [0.717, 1.165) is 43.1 Å². The Morgan fingerprint density at radius 1 is 1.05 bits per heavy atom. The highest BCUT2D eigenvalue weighted by atomic mass is 16.7. The lowest BCUT2D eigenvalue weighted by atomic mass is 9.55. The van der Waals surface area contributed by atoms with Crippen LogP contribution in [0.4, 0.5) is 0 Å². The number of hydrogen-bond acceptors (Lipinski definition) is 10. The van der Waals surface area contributed by atoms with Crippen LogP contribution in [0.15, 0.2) is 96.2 Å². The molecule has 11 nitrogen and oxygen atoms in total. The van der Waals surface area contributed by atoms with Crippen LogP contribution in [0.3, 0.4) is 0 Å². The maximum Gasteiger partial charge on any atom is 0.254 e. The summed E-state index contributed by atoms with van der Waals surface area (Å²) in [4.78, 5) is 33.4. The number of likely N-dealkylation sites (N-methyl/N-ethyl adjacent to an activating group) is 1. The number of aliphatic hydroxyl groups excluding tert-OH is 2. The molecule has 1 aliphatic heterocycles. The molecule has 0 bridgehead atoms. The Morgan fingerprint density at radius 2 is 1.80 bits per heavy atom. The van der Waals surface area contributed by atoms with Crippen LogP contribution in [0.2, 0.25) is 0 Å². The molecule has 3 aromatic carbocycles. The average Bonchev–Trinajstić information content (AvgIpc) is 3.23. The van der Waals surface area contributed by atoms with Crippen molar-refractivity contribution in [2.45, 2.75) is 69.6 Å². The summed E-state index contributed by atoms with van der Waals surface area (Å²) in [6.45, 7) is 6.52. The van der Waals surface area contributed by atoms with Crippen molar-refractivity contribution in [2.75, 3.05) is 33.5 Å². The number of rotatable bonds is 18. The van der Waals surface area contributed by atoms with Crippen molar-refractivity contribution in [3.8, 4) is 23.3 Å². The first-order valence-electron chi connectivity index (χ1n) is 19.5. The van der Waals surface area contributed by atoms with Gasteiger partial charge >= 0.3 is 0 Å². The fourth-order valence-corrected chi connectivity index (χ4v) is 8.75. The summed E-state index contributed by atoms with van der Waals surface area (Å²) in [6, 6.07) is 20.7. The van der Waals surface area contributed by atoms with Gasteiger partial charge in [0.15, 0.2) is 0 Å². The Balaban J connectivity index is 1.56. The number of allylic oxidation sites excluding steroid dienone is 1. The predicted molar refractivity (Wildman–Crippen MR) is 212 cm³/mol. The van der Waals surface area contributed by atoms with E-state index in [9.17, 15) is 25.1 Å². The normalized spacial score (nSPS) is 24.1. The van der Waals surface area contributed by atoms with Gasteiger partial charge in [0.05, 0.1) is 29.9 Å². The van der Waals surface area contributed by atoms with E-state index in [4.69, 9.17) is 24.2 Å². The predicted octanol–water partition coefficient (Wildman–Crippen LogP) is 7.59. The van der Waals surface area contributed by atoms with Crippen LogP contribution in [-0.2, 0) is 9.57 Å². The number of ether oxygens (including phenoxy) is 3. The summed E-state index contributed by atoms with van der Waals surface area (Å²) in [5, 5.41) is 33.8. The first-order valence-corrected chi connectivity index (χ1v) is 19.5. The number of benzene rings is 3. The first-order chi connectivity index (χ1) is 27.3. The lowest BCUT2D eigenvalue weighted by molar-refractivity contribution is -0.252. The molecule has 3 aliphatic rings. The van der Waals surface area contributed by atoms with Crippen molar-refractivity contribution >= 4 is 17.9 Å². The number of hydrogen-bond donors (Lipinski definition) is 2. The third-order valence-electron chi connectivity index (χ3n) is 11.2. The molecule has 0 radical (unpaired) electrons. The Bertz CT molecular complexity index is 1970. The van der Waals surface area contributed by atoms with E-state index in [1.807, 2.05) is 25.1 Å². The molecule has 294 valence electrons. The Kier molecular flexibility index (Phi) is 13.4. The van der Waals surface area contributed by atoms with Crippen molar-refractivity contribution in [3.05, 3.63) is 113 Å². The van der Waals surface area contributed by atoms with E-state index in [1.54, 1.807) is 66.6 Å². The van der Waals surface area contributed by atoms with Gasteiger partial charge in [0.25, 0.3) is 5.91 Å². The van der Waals surface area contributed by atoms with Gasteiger partial charge in [-0.25, -0.2) is 0 Å². The monoisotopic (exact) mass is 761 g/mol. The first kappa shape index (κ1) is 40.4. The molecule has 1 saturated carbocycles. The highest BCUT2D eigenvalue weighted by Crippen LogP contribution is 2.62. The van der Waals surface area contributed by atoms with Gasteiger partial charge in [-0.1, -0.05) is 42.3 Å². The van der Waals surface area contributed by atoms with Gasteiger partial charge in [-0.15, -0.1) is 6.58 Å². The summed E-state index contributed by atoms with van der Waals surface area (Å²) < 4.78 is 20.5. The standard InChI is InChI=1S/C45H51N3O8/c1-4-23-53-45-41(48(3)44(52)32-17-15-30(28-46)16-18-32)27-39(47-54-5-2)37-25-33(12-6-8-21-49)36(14-7-9-22-50)42(43(37)45)38-26-35(19-20-40(38)56-45)55-34-13-10-11-31(24-34)29-51/h4,10-11,13,15-20,24-26,29,33,36,41-43,49-50H,1,5-9,12,14,21-23,27H2,2-3H3/t33-,36+,41-,42+,43+,45+/m0/s1. The minimum absolute atomic E-state index is 0.0450. The highest BCUT2D eigenvalue weighted by molar-refractivity contribution is 6.03. The van der Waals surface area contributed by atoms with Crippen LogP contribution in [0.1, 0.15) is 89.6 Å². The molecular formula is C45H51N3O8. The molecule has 0 aromatic heterocycles. The zero-order valence-corrected chi connectivity index (χ0v) is 32.1. The molecule has 1 amide bonds. The number of amides is 1. The highest BCUT2D eigenvalue weighted by Gasteiger charge is 2.65. The molecule has 1 heterocycles.